The Hall–Kier alpha value is -1.49. The largest absolute Gasteiger partial charge is 0.469 e. The Morgan fingerprint density at radius 3 is 2.95 bits per heavy atom. The van der Waals surface area contributed by atoms with Crippen LogP contribution in [0.3, 0.4) is 0 Å². The second-order valence-electron chi connectivity index (χ2n) is 4.89. The van der Waals surface area contributed by atoms with E-state index in [1.54, 1.807) is 16.7 Å². The Bertz CT molecular complexity index is 504. The van der Waals surface area contributed by atoms with Crippen LogP contribution < -0.4 is 0 Å². The number of carbonyl (C=O) groups is 2. The highest BCUT2D eigenvalue weighted by atomic mass is 32.2. The summed E-state index contributed by atoms with van der Waals surface area (Å²) in [6, 6.07) is 7.70. The van der Waals surface area contributed by atoms with Crippen LogP contribution in [0.4, 0.5) is 0 Å². The van der Waals surface area contributed by atoms with Crippen molar-refractivity contribution in [2.75, 3.05) is 26.5 Å². The zero-order valence-electron chi connectivity index (χ0n) is 11.8. The molecule has 1 aliphatic rings. The third kappa shape index (κ3) is 3.33. The van der Waals surface area contributed by atoms with Gasteiger partial charge in [-0.15, -0.1) is 0 Å². The lowest BCUT2D eigenvalue weighted by atomic mass is 10.1. The molecule has 1 heterocycles. The van der Waals surface area contributed by atoms with Gasteiger partial charge >= 0.3 is 5.97 Å². The van der Waals surface area contributed by atoms with Crippen LogP contribution in [0.15, 0.2) is 24.3 Å². The van der Waals surface area contributed by atoms with Crippen LogP contribution in [0.25, 0.3) is 0 Å². The number of nitrogens with zero attached hydrogens (tertiary/aromatic N) is 1. The number of likely N-dealkylation sites (tertiary alicyclic amines) is 1. The van der Waals surface area contributed by atoms with E-state index >= 15 is 0 Å². The quantitative estimate of drug-likeness (QED) is 0.798. The second kappa shape index (κ2) is 6.79. The lowest BCUT2D eigenvalue weighted by Crippen LogP contribution is -2.30. The van der Waals surface area contributed by atoms with Gasteiger partial charge < -0.3 is 9.64 Å². The number of esters is 1. The Labute approximate surface area is 123 Å². The Balaban J connectivity index is 2.05. The van der Waals surface area contributed by atoms with E-state index in [0.29, 0.717) is 25.1 Å². The summed E-state index contributed by atoms with van der Waals surface area (Å²) in [6.45, 7) is 1.07. The number of hydrogen-bond donors (Lipinski definition) is 0. The molecule has 0 aliphatic carbocycles. The fourth-order valence-corrected chi connectivity index (χ4v) is 2.96. The number of carbonyl (C=O) groups excluding carboxylic acids is 2. The van der Waals surface area contributed by atoms with Gasteiger partial charge in [-0.1, -0.05) is 12.1 Å². The van der Waals surface area contributed by atoms with E-state index in [4.69, 9.17) is 4.74 Å². The van der Waals surface area contributed by atoms with Gasteiger partial charge in [0.15, 0.2) is 0 Å². The molecule has 1 atom stereocenters. The SMILES string of the molecule is COC(=O)C1CCN(C(=O)c2cccc(CSC)c2)C1. The van der Waals surface area contributed by atoms with Crippen LogP contribution in [-0.4, -0.2) is 43.2 Å². The third-order valence-electron chi connectivity index (χ3n) is 3.49. The minimum atomic E-state index is -0.226. The number of rotatable bonds is 4. The minimum Gasteiger partial charge on any atom is -0.469 e. The standard InChI is InChI=1S/C15H19NO3S/c1-19-15(18)13-6-7-16(9-13)14(17)12-5-3-4-11(8-12)10-20-2/h3-5,8,13H,6-7,9-10H2,1-2H3. The molecule has 1 aromatic carbocycles. The molecule has 1 amide bonds. The van der Waals surface area contributed by atoms with Gasteiger partial charge in [0, 0.05) is 24.4 Å². The lowest BCUT2D eigenvalue weighted by molar-refractivity contribution is -0.144. The van der Waals surface area contributed by atoms with Crippen LogP contribution in [0.1, 0.15) is 22.3 Å². The molecule has 5 heteroatoms. The van der Waals surface area contributed by atoms with Gasteiger partial charge in [-0.2, -0.15) is 11.8 Å². The topological polar surface area (TPSA) is 46.6 Å². The molecule has 108 valence electrons. The first-order chi connectivity index (χ1) is 9.65. The van der Waals surface area contributed by atoms with Gasteiger partial charge in [0.05, 0.1) is 13.0 Å². The first-order valence-electron chi connectivity index (χ1n) is 6.60. The fourth-order valence-electron chi connectivity index (χ4n) is 2.45. The molecule has 0 saturated carbocycles. The van der Waals surface area contributed by atoms with Crippen molar-refractivity contribution < 1.29 is 14.3 Å². The zero-order valence-corrected chi connectivity index (χ0v) is 12.6. The maximum Gasteiger partial charge on any atom is 0.310 e. The van der Waals surface area contributed by atoms with E-state index in [0.717, 1.165) is 11.3 Å². The number of ether oxygens (including phenoxy) is 1. The molecule has 2 rings (SSSR count). The highest BCUT2D eigenvalue weighted by molar-refractivity contribution is 7.97. The van der Waals surface area contributed by atoms with E-state index in [-0.39, 0.29) is 17.8 Å². The normalized spacial score (nSPS) is 18.1. The molecular weight excluding hydrogens is 274 g/mol. The molecule has 4 nitrogen and oxygen atoms in total. The van der Waals surface area contributed by atoms with Crippen LogP contribution in [0, 0.1) is 5.92 Å². The summed E-state index contributed by atoms with van der Waals surface area (Å²) in [7, 11) is 1.39. The van der Waals surface area contributed by atoms with Gasteiger partial charge in [-0.05, 0) is 30.4 Å². The van der Waals surface area contributed by atoms with Gasteiger partial charge in [-0.3, -0.25) is 9.59 Å². The molecule has 1 fully saturated rings. The lowest BCUT2D eigenvalue weighted by Gasteiger charge is -2.16. The third-order valence-corrected chi connectivity index (χ3v) is 4.12. The number of amides is 1. The summed E-state index contributed by atoms with van der Waals surface area (Å²) in [5, 5.41) is 0. The molecule has 20 heavy (non-hydrogen) atoms. The van der Waals surface area contributed by atoms with Gasteiger partial charge in [-0.25, -0.2) is 0 Å². The Kier molecular flexibility index (Phi) is 5.06. The van der Waals surface area contributed by atoms with E-state index in [9.17, 15) is 9.59 Å². The highest BCUT2D eigenvalue weighted by Crippen LogP contribution is 2.20. The fraction of sp³-hybridized carbons (Fsp3) is 0.467. The summed E-state index contributed by atoms with van der Waals surface area (Å²) in [4.78, 5) is 25.7. The second-order valence-corrected chi connectivity index (χ2v) is 5.76. The molecule has 0 radical (unpaired) electrons. The molecule has 1 unspecified atom stereocenters. The molecule has 0 aromatic heterocycles. The first-order valence-corrected chi connectivity index (χ1v) is 8.00. The number of hydrogen-bond acceptors (Lipinski definition) is 4. The predicted molar refractivity (Wildman–Crippen MR) is 79.7 cm³/mol. The maximum absolute atomic E-state index is 12.4. The van der Waals surface area contributed by atoms with E-state index in [2.05, 4.69) is 0 Å². The van der Waals surface area contributed by atoms with Gasteiger partial charge in [0.2, 0.25) is 0 Å². The average Bonchev–Trinajstić information content (AvgIpc) is 2.96. The van der Waals surface area contributed by atoms with E-state index < -0.39 is 0 Å². The number of methoxy groups -OCH3 is 1. The van der Waals surface area contributed by atoms with Crippen LogP contribution in [0.5, 0.6) is 0 Å². The van der Waals surface area contributed by atoms with Crippen molar-refractivity contribution in [2.45, 2.75) is 12.2 Å². The summed E-state index contributed by atoms with van der Waals surface area (Å²) >= 11 is 1.73. The summed E-state index contributed by atoms with van der Waals surface area (Å²) < 4.78 is 4.74. The van der Waals surface area contributed by atoms with Crippen molar-refractivity contribution in [3.8, 4) is 0 Å². The molecule has 0 spiro atoms. The zero-order chi connectivity index (χ0) is 14.5. The predicted octanol–water partition coefficient (Wildman–Crippen LogP) is 2.18. The molecule has 1 aromatic rings. The number of benzene rings is 1. The molecular formula is C15H19NO3S. The van der Waals surface area contributed by atoms with Crippen molar-refractivity contribution in [2.24, 2.45) is 5.92 Å². The highest BCUT2D eigenvalue weighted by Gasteiger charge is 2.32. The van der Waals surface area contributed by atoms with Crippen LogP contribution in [0.2, 0.25) is 0 Å². The first kappa shape index (κ1) is 14.9. The van der Waals surface area contributed by atoms with E-state index in [1.165, 1.54) is 7.11 Å². The average molecular weight is 293 g/mol. The van der Waals surface area contributed by atoms with Crippen LogP contribution >= 0.6 is 11.8 Å². The maximum atomic E-state index is 12.4. The van der Waals surface area contributed by atoms with Crippen molar-refractivity contribution >= 4 is 23.6 Å². The number of thioether (sulfide) groups is 1. The molecule has 0 bridgehead atoms. The van der Waals surface area contributed by atoms with Crippen molar-refractivity contribution in [3.63, 3.8) is 0 Å². The smallest absolute Gasteiger partial charge is 0.310 e. The summed E-state index contributed by atoms with van der Waals surface area (Å²) in [5.74, 6) is 0.487. The van der Waals surface area contributed by atoms with Gasteiger partial charge in [0.1, 0.15) is 0 Å². The molecule has 0 N–H and O–H groups in total. The molecule has 1 saturated heterocycles. The monoisotopic (exact) mass is 293 g/mol. The molecule has 1 aliphatic heterocycles. The van der Waals surface area contributed by atoms with Crippen molar-refractivity contribution in [1.29, 1.82) is 0 Å². The van der Waals surface area contributed by atoms with Crippen molar-refractivity contribution in [3.05, 3.63) is 35.4 Å². The minimum absolute atomic E-state index is 0.000596. The van der Waals surface area contributed by atoms with Gasteiger partial charge in [0.25, 0.3) is 5.91 Å². The summed E-state index contributed by atoms with van der Waals surface area (Å²) in [6.07, 6.45) is 2.72. The van der Waals surface area contributed by atoms with Crippen LogP contribution in [-0.2, 0) is 15.3 Å². The summed E-state index contributed by atoms with van der Waals surface area (Å²) in [5.41, 5.74) is 1.84. The van der Waals surface area contributed by atoms with Crippen molar-refractivity contribution in [1.82, 2.24) is 4.90 Å². The Morgan fingerprint density at radius 2 is 2.25 bits per heavy atom. The Morgan fingerprint density at radius 1 is 1.45 bits per heavy atom. The van der Waals surface area contributed by atoms with E-state index in [1.807, 2.05) is 30.5 Å².